The van der Waals surface area contributed by atoms with Crippen molar-refractivity contribution in [2.45, 2.75) is 0 Å². The summed E-state index contributed by atoms with van der Waals surface area (Å²) in [6.07, 6.45) is 0. The minimum absolute atomic E-state index is 0.177. The number of hydrogen-bond donors (Lipinski definition) is 1. The Balaban J connectivity index is 2.72. The fourth-order valence-electron chi connectivity index (χ4n) is 1.03. The molecule has 0 spiro atoms. The largest absolute Gasteiger partial charge is 0.354 e. The maximum Gasteiger partial charge on any atom is 0.235 e. The van der Waals surface area contributed by atoms with Gasteiger partial charge in [0, 0.05) is 13.1 Å². The molecule has 72 valence electrons. The Kier molecular flexibility index (Phi) is 2.85. The Morgan fingerprint density at radius 3 is 2.85 bits per heavy atom. The lowest BCUT2D eigenvalue weighted by Gasteiger charge is -2.24. The van der Waals surface area contributed by atoms with Gasteiger partial charge in [0.05, 0.1) is 12.6 Å². The Morgan fingerprint density at radius 1 is 1.62 bits per heavy atom. The van der Waals surface area contributed by atoms with Crippen LogP contribution < -0.4 is 5.32 Å². The standard InChI is InChI=1S/C6H9N3O3S/c7-1-4-13(11,12)9-3-2-8-6(10)5-9/h2-5H2,(H,8,10). The van der Waals surface area contributed by atoms with Gasteiger partial charge in [0.25, 0.3) is 0 Å². The second kappa shape index (κ2) is 3.72. The minimum Gasteiger partial charge on any atom is -0.354 e. The van der Waals surface area contributed by atoms with E-state index in [0.29, 0.717) is 6.54 Å². The first kappa shape index (κ1) is 9.95. The summed E-state index contributed by atoms with van der Waals surface area (Å²) in [7, 11) is -3.55. The molecule has 1 amide bonds. The van der Waals surface area contributed by atoms with Crippen molar-refractivity contribution in [3.8, 4) is 6.07 Å². The third kappa shape index (κ3) is 2.40. The van der Waals surface area contributed by atoms with E-state index < -0.39 is 15.8 Å². The van der Waals surface area contributed by atoms with Crippen molar-refractivity contribution in [3.05, 3.63) is 0 Å². The molecule has 6 nitrogen and oxygen atoms in total. The van der Waals surface area contributed by atoms with Crippen molar-refractivity contribution in [2.75, 3.05) is 25.4 Å². The van der Waals surface area contributed by atoms with Crippen molar-refractivity contribution in [1.29, 1.82) is 5.26 Å². The smallest absolute Gasteiger partial charge is 0.235 e. The van der Waals surface area contributed by atoms with Gasteiger partial charge in [0.2, 0.25) is 15.9 Å². The van der Waals surface area contributed by atoms with E-state index in [4.69, 9.17) is 5.26 Å². The number of carbonyl (C=O) groups excluding carboxylic acids is 1. The zero-order chi connectivity index (χ0) is 9.90. The van der Waals surface area contributed by atoms with Crippen LogP contribution in [0.2, 0.25) is 0 Å². The number of nitrogens with one attached hydrogen (secondary N) is 1. The molecule has 0 unspecified atom stereocenters. The van der Waals surface area contributed by atoms with Crippen LogP contribution in [0, 0.1) is 11.3 Å². The fourth-order valence-corrected chi connectivity index (χ4v) is 2.05. The van der Waals surface area contributed by atoms with Gasteiger partial charge in [-0.2, -0.15) is 9.57 Å². The lowest BCUT2D eigenvalue weighted by atomic mass is 10.4. The van der Waals surface area contributed by atoms with Gasteiger partial charge in [-0.15, -0.1) is 0 Å². The summed E-state index contributed by atoms with van der Waals surface area (Å²) in [6, 6.07) is 1.56. The third-order valence-corrected chi connectivity index (χ3v) is 3.24. The molecule has 1 aliphatic heterocycles. The summed E-state index contributed by atoms with van der Waals surface area (Å²) < 4.78 is 23.5. The zero-order valence-electron chi connectivity index (χ0n) is 6.86. The van der Waals surface area contributed by atoms with Crippen LogP contribution in [0.25, 0.3) is 0 Å². The lowest BCUT2D eigenvalue weighted by molar-refractivity contribution is -0.122. The molecule has 0 radical (unpaired) electrons. The van der Waals surface area contributed by atoms with Crippen molar-refractivity contribution >= 4 is 15.9 Å². The third-order valence-electron chi connectivity index (χ3n) is 1.64. The van der Waals surface area contributed by atoms with E-state index in [1.165, 1.54) is 0 Å². The van der Waals surface area contributed by atoms with E-state index in [-0.39, 0.29) is 19.0 Å². The van der Waals surface area contributed by atoms with Gasteiger partial charge in [0.1, 0.15) is 0 Å². The summed E-state index contributed by atoms with van der Waals surface area (Å²) >= 11 is 0. The Hall–Kier alpha value is -1.13. The predicted octanol–water partition coefficient (Wildman–Crippen LogP) is -1.73. The van der Waals surface area contributed by atoms with Gasteiger partial charge in [-0.25, -0.2) is 8.42 Å². The first-order valence-electron chi connectivity index (χ1n) is 3.68. The molecule has 7 heteroatoms. The summed E-state index contributed by atoms with van der Waals surface area (Å²) in [4.78, 5) is 10.8. The first-order chi connectivity index (χ1) is 6.06. The Bertz CT molecular complexity index is 343. The number of rotatable bonds is 2. The zero-order valence-corrected chi connectivity index (χ0v) is 7.67. The van der Waals surface area contributed by atoms with Crippen LogP contribution in [0.1, 0.15) is 0 Å². The van der Waals surface area contributed by atoms with E-state index in [1.54, 1.807) is 6.07 Å². The highest BCUT2D eigenvalue weighted by Crippen LogP contribution is 2.02. The number of carbonyl (C=O) groups is 1. The first-order valence-corrected chi connectivity index (χ1v) is 5.28. The topological polar surface area (TPSA) is 90.3 Å². The second-order valence-corrected chi connectivity index (χ2v) is 4.57. The molecule has 0 atom stereocenters. The quantitative estimate of drug-likeness (QED) is 0.577. The molecule has 0 bridgehead atoms. The minimum atomic E-state index is -3.55. The molecule has 0 aromatic rings. The molecule has 1 heterocycles. The van der Waals surface area contributed by atoms with Crippen LogP contribution in [0.4, 0.5) is 0 Å². The predicted molar refractivity (Wildman–Crippen MR) is 44.0 cm³/mol. The SMILES string of the molecule is N#CCS(=O)(=O)N1CCNC(=O)C1. The van der Waals surface area contributed by atoms with Gasteiger partial charge >= 0.3 is 0 Å². The molecule has 1 aliphatic rings. The van der Waals surface area contributed by atoms with Crippen LogP contribution in [0.15, 0.2) is 0 Å². The van der Waals surface area contributed by atoms with E-state index >= 15 is 0 Å². The molecular formula is C6H9N3O3S. The maximum absolute atomic E-state index is 11.3. The van der Waals surface area contributed by atoms with Crippen molar-refractivity contribution in [2.24, 2.45) is 0 Å². The molecule has 0 saturated carbocycles. The molecule has 1 N–H and O–H groups in total. The van der Waals surface area contributed by atoms with Gasteiger partial charge in [0.15, 0.2) is 5.75 Å². The summed E-state index contributed by atoms with van der Waals surface area (Å²) in [5, 5.41) is 10.7. The highest BCUT2D eigenvalue weighted by atomic mass is 32.2. The van der Waals surface area contributed by atoms with E-state index in [1.807, 2.05) is 0 Å². The number of amides is 1. The Morgan fingerprint density at radius 2 is 2.31 bits per heavy atom. The molecule has 0 aromatic heterocycles. The molecule has 1 rings (SSSR count). The maximum atomic E-state index is 11.3. The van der Waals surface area contributed by atoms with Crippen molar-refractivity contribution in [1.82, 2.24) is 9.62 Å². The van der Waals surface area contributed by atoms with Crippen molar-refractivity contribution < 1.29 is 13.2 Å². The van der Waals surface area contributed by atoms with Gasteiger partial charge < -0.3 is 5.32 Å². The van der Waals surface area contributed by atoms with Gasteiger partial charge in [-0.1, -0.05) is 0 Å². The molecule has 13 heavy (non-hydrogen) atoms. The summed E-state index contributed by atoms with van der Waals surface area (Å²) in [5.74, 6) is -0.895. The van der Waals surface area contributed by atoms with Crippen LogP contribution in [-0.4, -0.2) is 44.0 Å². The van der Waals surface area contributed by atoms with Crippen LogP contribution >= 0.6 is 0 Å². The molecule has 0 aliphatic carbocycles. The van der Waals surface area contributed by atoms with E-state index in [2.05, 4.69) is 5.32 Å². The average Bonchev–Trinajstić information content (AvgIpc) is 2.04. The number of hydrogen-bond acceptors (Lipinski definition) is 4. The van der Waals surface area contributed by atoms with Gasteiger partial charge in [-0.05, 0) is 0 Å². The van der Waals surface area contributed by atoms with E-state index in [9.17, 15) is 13.2 Å². The normalized spacial score (nSPS) is 19.2. The molecular weight excluding hydrogens is 194 g/mol. The van der Waals surface area contributed by atoms with Crippen LogP contribution in [-0.2, 0) is 14.8 Å². The summed E-state index contributed by atoms with van der Waals surface area (Å²) in [5.41, 5.74) is 0. The number of nitriles is 1. The van der Waals surface area contributed by atoms with Crippen LogP contribution in [0.5, 0.6) is 0 Å². The highest BCUT2D eigenvalue weighted by Gasteiger charge is 2.26. The number of sulfonamides is 1. The van der Waals surface area contributed by atoms with Crippen LogP contribution in [0.3, 0.4) is 0 Å². The van der Waals surface area contributed by atoms with Gasteiger partial charge in [-0.3, -0.25) is 4.79 Å². The lowest BCUT2D eigenvalue weighted by Crippen LogP contribution is -2.50. The second-order valence-electron chi connectivity index (χ2n) is 2.60. The number of piperazine rings is 1. The molecule has 1 saturated heterocycles. The molecule has 1 fully saturated rings. The highest BCUT2D eigenvalue weighted by molar-refractivity contribution is 7.89. The fraction of sp³-hybridized carbons (Fsp3) is 0.667. The monoisotopic (exact) mass is 203 g/mol. The average molecular weight is 203 g/mol. The number of nitrogens with zero attached hydrogens (tertiary/aromatic N) is 2. The Labute approximate surface area is 76.2 Å². The van der Waals surface area contributed by atoms with E-state index in [0.717, 1.165) is 4.31 Å². The molecule has 0 aromatic carbocycles. The summed E-state index contributed by atoms with van der Waals surface area (Å²) in [6.45, 7) is 0.378. The van der Waals surface area contributed by atoms with Crippen molar-refractivity contribution in [3.63, 3.8) is 0 Å².